The number of nitrogens with one attached hydrogen (secondary N) is 1. The van der Waals surface area contributed by atoms with Gasteiger partial charge in [-0.2, -0.15) is 5.10 Å². The number of benzene rings is 1. The summed E-state index contributed by atoms with van der Waals surface area (Å²) in [5.74, 6) is 0.657. The van der Waals surface area contributed by atoms with Gasteiger partial charge in [-0.25, -0.2) is 4.68 Å². The molecule has 8 heteroatoms. The fourth-order valence-electron chi connectivity index (χ4n) is 1.72. The number of anilines is 1. The van der Waals surface area contributed by atoms with Gasteiger partial charge in [-0.1, -0.05) is 23.2 Å². The molecule has 1 heterocycles. The first-order valence-electron chi connectivity index (χ1n) is 6.60. The molecule has 1 aromatic carbocycles. The van der Waals surface area contributed by atoms with Gasteiger partial charge in [-0.3, -0.25) is 4.79 Å². The minimum atomic E-state index is -0.413. The molecule has 22 heavy (non-hydrogen) atoms. The van der Waals surface area contributed by atoms with E-state index >= 15 is 0 Å². The van der Waals surface area contributed by atoms with Crippen LogP contribution in [0.2, 0.25) is 10.0 Å². The van der Waals surface area contributed by atoms with Gasteiger partial charge in [-0.15, -0.1) is 0 Å². The van der Waals surface area contributed by atoms with Crippen molar-refractivity contribution in [3.8, 4) is 5.75 Å². The monoisotopic (exact) mass is 343 g/mol. The quantitative estimate of drug-likeness (QED) is 0.804. The van der Waals surface area contributed by atoms with Crippen LogP contribution < -0.4 is 15.6 Å². The SMILES string of the molecule is O=c1c(Cl)c(NCCO)cnn1CCOc1ccc(Cl)cc1. The molecule has 2 rings (SSSR count). The van der Waals surface area contributed by atoms with Gasteiger partial charge in [0.25, 0.3) is 5.56 Å². The first-order valence-corrected chi connectivity index (χ1v) is 7.36. The molecule has 0 amide bonds. The normalized spacial score (nSPS) is 10.5. The van der Waals surface area contributed by atoms with Crippen LogP contribution in [0.5, 0.6) is 5.75 Å². The van der Waals surface area contributed by atoms with Crippen molar-refractivity contribution in [1.29, 1.82) is 0 Å². The summed E-state index contributed by atoms with van der Waals surface area (Å²) >= 11 is 11.8. The minimum absolute atomic E-state index is 0.0370. The van der Waals surface area contributed by atoms with Gasteiger partial charge in [0.05, 0.1) is 25.0 Å². The summed E-state index contributed by atoms with van der Waals surface area (Å²) < 4.78 is 6.73. The smallest absolute Gasteiger partial charge is 0.287 e. The van der Waals surface area contributed by atoms with E-state index in [4.69, 9.17) is 33.0 Å². The van der Waals surface area contributed by atoms with E-state index in [0.717, 1.165) is 0 Å². The highest BCUT2D eigenvalue weighted by atomic mass is 35.5. The lowest BCUT2D eigenvalue weighted by Gasteiger charge is -2.10. The second-order valence-corrected chi connectivity index (χ2v) is 5.17. The van der Waals surface area contributed by atoms with Crippen LogP contribution in [0.25, 0.3) is 0 Å². The molecule has 0 unspecified atom stereocenters. The highest BCUT2D eigenvalue weighted by Gasteiger charge is 2.08. The standard InChI is InChI=1S/C14H15Cl2N3O3/c15-10-1-3-11(4-2-10)22-8-6-19-14(21)13(16)12(9-18-19)17-5-7-20/h1-4,9,17,20H,5-8H2. The molecule has 0 radical (unpaired) electrons. The summed E-state index contributed by atoms with van der Waals surface area (Å²) in [5, 5.41) is 16.2. The predicted molar refractivity (Wildman–Crippen MR) is 86.0 cm³/mol. The minimum Gasteiger partial charge on any atom is -0.492 e. The molecule has 2 aromatic rings. The molecule has 0 aliphatic carbocycles. The average molecular weight is 344 g/mol. The van der Waals surface area contributed by atoms with Crippen LogP contribution >= 0.6 is 23.2 Å². The van der Waals surface area contributed by atoms with Gasteiger partial charge in [0.15, 0.2) is 0 Å². The number of hydrogen-bond acceptors (Lipinski definition) is 5. The molecular weight excluding hydrogens is 329 g/mol. The van der Waals surface area contributed by atoms with E-state index in [-0.39, 0.29) is 24.8 Å². The molecule has 1 aromatic heterocycles. The lowest BCUT2D eigenvalue weighted by atomic mass is 10.3. The molecule has 0 saturated heterocycles. The molecule has 118 valence electrons. The Balaban J connectivity index is 1.97. The van der Waals surface area contributed by atoms with Crippen LogP contribution in [0.3, 0.4) is 0 Å². The zero-order valence-electron chi connectivity index (χ0n) is 11.6. The van der Waals surface area contributed by atoms with Crippen LogP contribution in [0, 0.1) is 0 Å². The Morgan fingerprint density at radius 3 is 2.68 bits per heavy atom. The third-order valence-electron chi connectivity index (χ3n) is 2.80. The average Bonchev–Trinajstić information content (AvgIpc) is 2.52. The fraction of sp³-hybridized carbons (Fsp3) is 0.286. The van der Waals surface area contributed by atoms with Crippen LogP contribution in [0.15, 0.2) is 35.3 Å². The topological polar surface area (TPSA) is 76.4 Å². The van der Waals surface area contributed by atoms with Gasteiger partial charge in [0, 0.05) is 11.6 Å². The molecular formula is C14H15Cl2N3O3. The Labute approximate surface area is 137 Å². The number of hydrogen-bond donors (Lipinski definition) is 2. The lowest BCUT2D eigenvalue weighted by molar-refractivity contribution is 0.288. The van der Waals surface area contributed by atoms with Crippen molar-refractivity contribution in [2.75, 3.05) is 25.1 Å². The Morgan fingerprint density at radius 1 is 1.27 bits per heavy atom. The van der Waals surface area contributed by atoms with Gasteiger partial charge in [0.2, 0.25) is 0 Å². The molecule has 2 N–H and O–H groups in total. The summed E-state index contributed by atoms with van der Waals surface area (Å²) in [4.78, 5) is 12.0. The molecule has 0 aliphatic rings. The Hall–Kier alpha value is -1.76. The van der Waals surface area contributed by atoms with Crippen LogP contribution in [0.4, 0.5) is 5.69 Å². The summed E-state index contributed by atoms with van der Waals surface area (Å²) in [7, 11) is 0. The zero-order chi connectivity index (χ0) is 15.9. The molecule has 0 saturated carbocycles. The third-order valence-corrected chi connectivity index (χ3v) is 3.41. The Bertz CT molecular complexity index is 674. The van der Waals surface area contributed by atoms with Gasteiger partial charge < -0.3 is 15.2 Å². The molecule has 0 atom stereocenters. The number of halogens is 2. The molecule has 0 bridgehead atoms. The molecule has 0 fully saturated rings. The summed E-state index contributed by atoms with van der Waals surface area (Å²) in [5.41, 5.74) is -0.0140. The summed E-state index contributed by atoms with van der Waals surface area (Å²) in [6.45, 7) is 0.772. The Kier molecular flexibility index (Phi) is 6.06. The zero-order valence-corrected chi connectivity index (χ0v) is 13.1. The maximum atomic E-state index is 12.0. The van der Waals surface area contributed by atoms with E-state index in [9.17, 15) is 4.79 Å². The van der Waals surface area contributed by atoms with Gasteiger partial charge >= 0.3 is 0 Å². The van der Waals surface area contributed by atoms with Crippen molar-refractivity contribution in [3.63, 3.8) is 0 Å². The highest BCUT2D eigenvalue weighted by Crippen LogP contribution is 2.16. The largest absolute Gasteiger partial charge is 0.492 e. The number of aromatic nitrogens is 2. The van der Waals surface area contributed by atoms with E-state index in [1.54, 1.807) is 24.3 Å². The molecule has 0 aliphatic heterocycles. The van der Waals surface area contributed by atoms with Crippen molar-refractivity contribution in [1.82, 2.24) is 9.78 Å². The van der Waals surface area contributed by atoms with Crippen LogP contribution in [-0.2, 0) is 6.54 Å². The molecule has 6 nitrogen and oxygen atoms in total. The van der Waals surface area contributed by atoms with E-state index < -0.39 is 5.56 Å². The van der Waals surface area contributed by atoms with E-state index in [1.807, 2.05) is 0 Å². The fourth-order valence-corrected chi connectivity index (χ4v) is 2.06. The van der Waals surface area contributed by atoms with Crippen molar-refractivity contribution in [2.45, 2.75) is 6.54 Å². The number of nitrogens with zero attached hydrogens (tertiary/aromatic N) is 2. The highest BCUT2D eigenvalue weighted by molar-refractivity contribution is 6.32. The maximum Gasteiger partial charge on any atom is 0.287 e. The number of ether oxygens (including phenoxy) is 1. The van der Waals surface area contributed by atoms with E-state index in [1.165, 1.54) is 10.9 Å². The van der Waals surface area contributed by atoms with Crippen molar-refractivity contribution >= 4 is 28.9 Å². The first-order chi connectivity index (χ1) is 10.6. The predicted octanol–water partition coefficient (Wildman–Crippen LogP) is 2.03. The summed E-state index contributed by atoms with van der Waals surface area (Å²) in [6, 6.07) is 6.93. The first kappa shape index (κ1) is 16.6. The molecule has 0 spiro atoms. The second-order valence-electron chi connectivity index (χ2n) is 4.35. The van der Waals surface area contributed by atoms with Gasteiger partial charge in [-0.05, 0) is 24.3 Å². The summed E-state index contributed by atoms with van der Waals surface area (Å²) in [6.07, 6.45) is 1.45. The Morgan fingerprint density at radius 2 is 2.00 bits per heavy atom. The number of aliphatic hydroxyl groups is 1. The van der Waals surface area contributed by atoms with Crippen molar-refractivity contribution in [3.05, 3.63) is 50.9 Å². The van der Waals surface area contributed by atoms with E-state index in [0.29, 0.717) is 23.0 Å². The number of rotatable bonds is 7. The lowest BCUT2D eigenvalue weighted by Crippen LogP contribution is -2.27. The maximum absolute atomic E-state index is 12.0. The number of aliphatic hydroxyl groups excluding tert-OH is 1. The van der Waals surface area contributed by atoms with Crippen LogP contribution in [0.1, 0.15) is 0 Å². The second kappa shape index (κ2) is 8.03. The third kappa shape index (κ3) is 4.37. The van der Waals surface area contributed by atoms with Crippen LogP contribution in [-0.4, -0.2) is 34.6 Å². The van der Waals surface area contributed by atoms with Crippen molar-refractivity contribution in [2.24, 2.45) is 0 Å². The van der Waals surface area contributed by atoms with E-state index in [2.05, 4.69) is 10.4 Å². The van der Waals surface area contributed by atoms with Gasteiger partial charge in [0.1, 0.15) is 17.4 Å². The van der Waals surface area contributed by atoms with Crippen molar-refractivity contribution < 1.29 is 9.84 Å².